The molecule has 0 aromatic rings. The molecule has 5 nitrogen and oxygen atoms in total. The van der Waals surface area contributed by atoms with Gasteiger partial charge in [-0.15, -0.1) is 0 Å². The normalized spacial score (nSPS) is 25.7. The molecular weight excluding hydrogens is 192 g/mol. The van der Waals surface area contributed by atoms with E-state index in [1.165, 1.54) is 22.7 Å². The number of nitrogens with zero attached hydrogens (tertiary/aromatic N) is 2. The summed E-state index contributed by atoms with van der Waals surface area (Å²) in [7, 11) is 1.45. The number of rotatable bonds is 3. The van der Waals surface area contributed by atoms with Gasteiger partial charge in [0.1, 0.15) is 0 Å². The van der Waals surface area contributed by atoms with Crippen molar-refractivity contribution in [3.63, 3.8) is 0 Å². The second-order valence-electron chi connectivity index (χ2n) is 3.29. The topological polar surface area (TPSA) is 49.9 Å². The molecule has 0 aliphatic carbocycles. The maximum Gasteiger partial charge on any atom is 0.281 e. The van der Waals surface area contributed by atoms with Crippen molar-refractivity contribution in [3.05, 3.63) is 0 Å². The fraction of sp³-hybridized carbons (Fsp3) is 1.00. The lowest BCUT2D eigenvalue weighted by molar-refractivity contribution is 0.114. The summed E-state index contributed by atoms with van der Waals surface area (Å²) in [6.07, 6.45) is 0.832. The van der Waals surface area contributed by atoms with Gasteiger partial charge >= 0.3 is 0 Å². The molecule has 0 amide bonds. The molecular formula is C7H16N2O3S. The molecule has 6 heteroatoms. The van der Waals surface area contributed by atoms with Gasteiger partial charge in [-0.05, 0) is 6.42 Å². The van der Waals surface area contributed by atoms with E-state index in [4.69, 9.17) is 4.74 Å². The molecule has 13 heavy (non-hydrogen) atoms. The van der Waals surface area contributed by atoms with Crippen LogP contribution in [0, 0.1) is 0 Å². The first-order valence-corrected chi connectivity index (χ1v) is 5.58. The first-order valence-electron chi connectivity index (χ1n) is 4.19. The van der Waals surface area contributed by atoms with Crippen molar-refractivity contribution < 1.29 is 13.2 Å². The number of ether oxygens (including phenoxy) is 1. The summed E-state index contributed by atoms with van der Waals surface area (Å²) in [5.41, 5.74) is 0. The summed E-state index contributed by atoms with van der Waals surface area (Å²) in [5.74, 6) is 0. The van der Waals surface area contributed by atoms with Gasteiger partial charge < -0.3 is 4.74 Å². The van der Waals surface area contributed by atoms with Crippen molar-refractivity contribution in [1.82, 2.24) is 8.61 Å². The summed E-state index contributed by atoms with van der Waals surface area (Å²) in [6, 6.07) is 0. The maximum atomic E-state index is 11.6. The van der Waals surface area contributed by atoms with Gasteiger partial charge in [-0.25, -0.2) is 0 Å². The third kappa shape index (κ3) is 2.19. The first-order chi connectivity index (χ1) is 5.98. The Morgan fingerprint density at radius 3 is 2.46 bits per heavy atom. The van der Waals surface area contributed by atoms with E-state index in [1.54, 1.807) is 7.11 Å². The Kier molecular flexibility index (Phi) is 3.28. The molecule has 1 saturated heterocycles. The van der Waals surface area contributed by atoms with Crippen LogP contribution in [0.4, 0.5) is 0 Å². The molecule has 1 aliphatic heterocycles. The van der Waals surface area contributed by atoms with Crippen molar-refractivity contribution in [1.29, 1.82) is 0 Å². The molecule has 0 bridgehead atoms. The molecule has 0 aromatic heterocycles. The van der Waals surface area contributed by atoms with Crippen LogP contribution < -0.4 is 0 Å². The van der Waals surface area contributed by atoms with Gasteiger partial charge in [0.2, 0.25) is 0 Å². The van der Waals surface area contributed by atoms with Crippen LogP contribution in [-0.4, -0.2) is 57.4 Å². The van der Waals surface area contributed by atoms with Gasteiger partial charge in [-0.3, -0.25) is 0 Å². The van der Waals surface area contributed by atoms with Gasteiger partial charge in [0.25, 0.3) is 10.2 Å². The SMILES string of the molecule is COC1CCN(S(=O)(=O)N(C)C)C1. The van der Waals surface area contributed by atoms with Crippen LogP contribution in [0.5, 0.6) is 0 Å². The molecule has 0 saturated carbocycles. The smallest absolute Gasteiger partial charge is 0.281 e. The van der Waals surface area contributed by atoms with Crippen molar-refractivity contribution in [3.8, 4) is 0 Å². The highest BCUT2D eigenvalue weighted by molar-refractivity contribution is 7.86. The highest BCUT2D eigenvalue weighted by atomic mass is 32.2. The average Bonchev–Trinajstić information content (AvgIpc) is 2.51. The Bertz CT molecular complexity index is 263. The summed E-state index contributed by atoms with van der Waals surface area (Å²) >= 11 is 0. The Morgan fingerprint density at radius 2 is 2.08 bits per heavy atom. The van der Waals surface area contributed by atoms with Gasteiger partial charge in [0.15, 0.2) is 0 Å². The molecule has 0 spiro atoms. The molecule has 78 valence electrons. The molecule has 1 rings (SSSR count). The fourth-order valence-corrected chi connectivity index (χ4v) is 2.48. The van der Waals surface area contributed by atoms with E-state index in [2.05, 4.69) is 0 Å². The van der Waals surface area contributed by atoms with E-state index >= 15 is 0 Å². The van der Waals surface area contributed by atoms with E-state index < -0.39 is 10.2 Å². The largest absolute Gasteiger partial charge is 0.380 e. The van der Waals surface area contributed by atoms with Crippen LogP contribution in [0.25, 0.3) is 0 Å². The lowest BCUT2D eigenvalue weighted by atomic mass is 10.3. The summed E-state index contributed by atoms with van der Waals surface area (Å²) < 4.78 is 30.9. The van der Waals surface area contributed by atoms with Crippen LogP contribution in [0.1, 0.15) is 6.42 Å². The van der Waals surface area contributed by atoms with Gasteiger partial charge in [0.05, 0.1) is 6.10 Å². The summed E-state index contributed by atoms with van der Waals surface area (Å²) in [6.45, 7) is 1.02. The summed E-state index contributed by atoms with van der Waals surface area (Å²) in [4.78, 5) is 0. The highest BCUT2D eigenvalue weighted by Crippen LogP contribution is 2.16. The van der Waals surface area contributed by atoms with Gasteiger partial charge in [-0.1, -0.05) is 0 Å². The minimum Gasteiger partial charge on any atom is -0.380 e. The zero-order chi connectivity index (χ0) is 10.1. The average molecular weight is 208 g/mol. The Balaban J connectivity index is 2.66. The van der Waals surface area contributed by atoms with E-state index in [0.717, 1.165) is 6.42 Å². The van der Waals surface area contributed by atoms with Crippen molar-refractivity contribution in [2.45, 2.75) is 12.5 Å². The van der Waals surface area contributed by atoms with Crippen LogP contribution in [0.3, 0.4) is 0 Å². The second-order valence-corrected chi connectivity index (χ2v) is 5.44. The second kappa shape index (κ2) is 3.91. The molecule has 1 atom stereocenters. The predicted molar refractivity (Wildman–Crippen MR) is 49.6 cm³/mol. The molecule has 1 fully saturated rings. The third-order valence-electron chi connectivity index (χ3n) is 2.23. The van der Waals surface area contributed by atoms with Crippen LogP contribution in [0.15, 0.2) is 0 Å². The highest BCUT2D eigenvalue weighted by Gasteiger charge is 2.32. The van der Waals surface area contributed by atoms with Gasteiger partial charge in [0, 0.05) is 34.3 Å². The molecule has 0 N–H and O–H groups in total. The van der Waals surface area contributed by atoms with Crippen molar-refractivity contribution >= 4 is 10.2 Å². The lowest BCUT2D eigenvalue weighted by Gasteiger charge is -2.20. The van der Waals surface area contributed by atoms with E-state index in [1.807, 2.05) is 0 Å². The maximum absolute atomic E-state index is 11.6. The van der Waals surface area contributed by atoms with Crippen molar-refractivity contribution in [2.24, 2.45) is 0 Å². The lowest BCUT2D eigenvalue weighted by Crippen LogP contribution is -2.39. The number of hydrogen-bond donors (Lipinski definition) is 0. The van der Waals surface area contributed by atoms with Crippen LogP contribution in [-0.2, 0) is 14.9 Å². The zero-order valence-corrected chi connectivity index (χ0v) is 9.04. The monoisotopic (exact) mass is 208 g/mol. The molecule has 1 heterocycles. The van der Waals surface area contributed by atoms with Crippen LogP contribution in [0.2, 0.25) is 0 Å². The minimum atomic E-state index is -3.23. The van der Waals surface area contributed by atoms with E-state index in [9.17, 15) is 8.42 Å². The standard InChI is InChI=1S/C7H16N2O3S/c1-8(2)13(10,11)9-5-4-7(6-9)12-3/h7H,4-6H2,1-3H3. The first kappa shape index (κ1) is 10.9. The Labute approximate surface area is 79.5 Å². The Morgan fingerprint density at radius 1 is 1.46 bits per heavy atom. The Hall–Kier alpha value is -0.170. The molecule has 0 radical (unpaired) electrons. The third-order valence-corrected chi connectivity index (χ3v) is 4.14. The van der Waals surface area contributed by atoms with Crippen molar-refractivity contribution in [2.75, 3.05) is 34.3 Å². The van der Waals surface area contributed by atoms with E-state index in [-0.39, 0.29) is 6.10 Å². The van der Waals surface area contributed by atoms with E-state index in [0.29, 0.717) is 13.1 Å². The predicted octanol–water partition coefficient (Wildman–Crippen LogP) is -0.486. The van der Waals surface area contributed by atoms with Crippen LogP contribution >= 0.6 is 0 Å². The molecule has 1 aliphatic rings. The molecule has 1 unspecified atom stereocenters. The summed E-state index contributed by atoms with van der Waals surface area (Å²) in [5, 5.41) is 0. The number of hydrogen-bond acceptors (Lipinski definition) is 3. The quantitative estimate of drug-likeness (QED) is 0.629. The molecule has 0 aromatic carbocycles. The zero-order valence-electron chi connectivity index (χ0n) is 8.23. The van der Waals surface area contributed by atoms with Gasteiger partial charge in [-0.2, -0.15) is 17.0 Å². The number of methoxy groups -OCH3 is 1. The fourth-order valence-electron chi connectivity index (χ4n) is 1.33. The minimum absolute atomic E-state index is 0.0507.